The van der Waals surface area contributed by atoms with E-state index >= 15 is 0 Å². The minimum atomic E-state index is -0.204. The third kappa shape index (κ3) is 3.06. The van der Waals surface area contributed by atoms with Gasteiger partial charge in [0.15, 0.2) is 0 Å². The lowest BCUT2D eigenvalue weighted by Crippen LogP contribution is -2.61. The molecule has 2 nitrogen and oxygen atoms in total. The maximum absolute atomic E-state index is 5.77. The fourth-order valence-corrected chi connectivity index (χ4v) is 3.00. The van der Waals surface area contributed by atoms with E-state index in [0.29, 0.717) is 18.0 Å². The molecule has 0 saturated carbocycles. The Bertz CT molecular complexity index is 470. The van der Waals surface area contributed by atoms with Crippen LogP contribution in [0, 0.1) is 18.3 Å². The van der Waals surface area contributed by atoms with Gasteiger partial charge in [-0.2, -0.15) is 0 Å². The van der Waals surface area contributed by atoms with Crippen molar-refractivity contribution in [3.63, 3.8) is 0 Å². The molecule has 0 amide bonds. The molecular weight excluding hydrogens is 244 g/mol. The van der Waals surface area contributed by atoms with Gasteiger partial charge in [-0.25, -0.2) is 0 Å². The standard InChI is InChI=1S/C18H26N2/c1-6-18(4,5)20-13-16(15-10-8-7-9-11-15)19-12-17(20)14(2)3/h1,7-11,14,16-17,19H,12-13H2,2-5H3. The summed E-state index contributed by atoms with van der Waals surface area (Å²) >= 11 is 0. The highest BCUT2D eigenvalue weighted by atomic mass is 15.3. The van der Waals surface area contributed by atoms with Crippen molar-refractivity contribution in [1.29, 1.82) is 0 Å². The van der Waals surface area contributed by atoms with Crippen LogP contribution in [0.15, 0.2) is 30.3 Å². The van der Waals surface area contributed by atoms with E-state index in [4.69, 9.17) is 6.42 Å². The Morgan fingerprint density at radius 3 is 2.50 bits per heavy atom. The molecule has 1 aromatic carbocycles. The van der Waals surface area contributed by atoms with E-state index in [9.17, 15) is 0 Å². The molecule has 1 aliphatic rings. The van der Waals surface area contributed by atoms with Gasteiger partial charge in [0.1, 0.15) is 0 Å². The van der Waals surface area contributed by atoms with E-state index in [1.165, 1.54) is 5.56 Å². The second-order valence-corrected chi connectivity index (χ2v) is 6.54. The molecule has 2 unspecified atom stereocenters. The molecule has 1 aliphatic heterocycles. The van der Waals surface area contributed by atoms with Crippen molar-refractivity contribution in [1.82, 2.24) is 10.2 Å². The summed E-state index contributed by atoms with van der Waals surface area (Å²) in [7, 11) is 0. The largest absolute Gasteiger partial charge is 0.307 e. The Labute approximate surface area is 123 Å². The van der Waals surface area contributed by atoms with Crippen LogP contribution >= 0.6 is 0 Å². The number of rotatable bonds is 3. The first-order chi connectivity index (χ1) is 9.45. The number of hydrogen-bond donors (Lipinski definition) is 1. The average molecular weight is 270 g/mol. The van der Waals surface area contributed by atoms with Gasteiger partial charge in [0, 0.05) is 25.2 Å². The van der Waals surface area contributed by atoms with Gasteiger partial charge in [0.25, 0.3) is 0 Å². The number of terminal acetylenes is 1. The fourth-order valence-electron chi connectivity index (χ4n) is 3.00. The van der Waals surface area contributed by atoms with Crippen LogP contribution in [0.5, 0.6) is 0 Å². The Hall–Kier alpha value is -1.30. The summed E-state index contributed by atoms with van der Waals surface area (Å²) in [6.07, 6.45) is 5.77. The van der Waals surface area contributed by atoms with Crippen molar-refractivity contribution in [3.8, 4) is 12.3 Å². The zero-order valence-electron chi connectivity index (χ0n) is 13.1. The summed E-state index contributed by atoms with van der Waals surface area (Å²) < 4.78 is 0. The predicted octanol–water partition coefficient (Wildman–Crippen LogP) is 3.07. The van der Waals surface area contributed by atoms with Gasteiger partial charge in [0.2, 0.25) is 0 Å². The summed E-state index contributed by atoms with van der Waals surface area (Å²) in [5.74, 6) is 3.56. The summed E-state index contributed by atoms with van der Waals surface area (Å²) in [4.78, 5) is 2.49. The van der Waals surface area contributed by atoms with E-state index in [1.807, 2.05) is 0 Å². The third-order valence-electron chi connectivity index (χ3n) is 4.40. The highest BCUT2D eigenvalue weighted by Crippen LogP contribution is 2.29. The Morgan fingerprint density at radius 2 is 1.95 bits per heavy atom. The van der Waals surface area contributed by atoms with E-state index in [-0.39, 0.29) is 5.54 Å². The van der Waals surface area contributed by atoms with E-state index < -0.39 is 0 Å². The molecule has 0 radical (unpaired) electrons. The second kappa shape index (κ2) is 5.99. The number of benzene rings is 1. The molecule has 2 heteroatoms. The van der Waals surface area contributed by atoms with Crippen LogP contribution in [0.25, 0.3) is 0 Å². The highest BCUT2D eigenvalue weighted by molar-refractivity contribution is 5.21. The van der Waals surface area contributed by atoms with E-state index in [2.05, 4.69) is 74.2 Å². The van der Waals surface area contributed by atoms with Gasteiger partial charge < -0.3 is 5.32 Å². The summed E-state index contributed by atoms with van der Waals surface area (Å²) in [5.41, 5.74) is 1.14. The summed E-state index contributed by atoms with van der Waals surface area (Å²) in [5, 5.41) is 3.68. The van der Waals surface area contributed by atoms with Crippen molar-refractivity contribution in [2.75, 3.05) is 13.1 Å². The van der Waals surface area contributed by atoms with Crippen LogP contribution in [0.2, 0.25) is 0 Å². The molecule has 1 heterocycles. The van der Waals surface area contributed by atoms with Crippen molar-refractivity contribution >= 4 is 0 Å². The summed E-state index contributed by atoms with van der Waals surface area (Å²) in [6, 6.07) is 11.5. The number of nitrogens with zero attached hydrogens (tertiary/aromatic N) is 1. The van der Waals surface area contributed by atoms with Crippen LogP contribution < -0.4 is 5.32 Å². The maximum atomic E-state index is 5.77. The van der Waals surface area contributed by atoms with Crippen LogP contribution in [-0.4, -0.2) is 29.6 Å². The van der Waals surface area contributed by atoms with Crippen molar-refractivity contribution in [2.24, 2.45) is 5.92 Å². The number of piperazine rings is 1. The quantitative estimate of drug-likeness (QED) is 0.849. The minimum absolute atomic E-state index is 0.204. The molecule has 108 valence electrons. The van der Waals surface area contributed by atoms with Crippen molar-refractivity contribution in [3.05, 3.63) is 35.9 Å². The molecule has 0 aromatic heterocycles. The third-order valence-corrected chi connectivity index (χ3v) is 4.40. The zero-order chi connectivity index (χ0) is 14.8. The zero-order valence-corrected chi connectivity index (χ0v) is 13.1. The Morgan fingerprint density at radius 1 is 1.30 bits per heavy atom. The molecule has 0 spiro atoms. The molecule has 2 rings (SSSR count). The normalized spacial score (nSPS) is 24.6. The number of nitrogens with one attached hydrogen (secondary N) is 1. The van der Waals surface area contributed by atoms with Gasteiger partial charge in [-0.15, -0.1) is 6.42 Å². The first-order valence-corrected chi connectivity index (χ1v) is 7.48. The molecule has 1 fully saturated rings. The molecule has 0 aliphatic carbocycles. The minimum Gasteiger partial charge on any atom is -0.307 e. The lowest BCUT2D eigenvalue weighted by molar-refractivity contribution is 0.0387. The van der Waals surface area contributed by atoms with Gasteiger partial charge in [-0.3, -0.25) is 4.90 Å². The molecule has 2 atom stereocenters. The predicted molar refractivity (Wildman–Crippen MR) is 85.4 cm³/mol. The second-order valence-electron chi connectivity index (χ2n) is 6.54. The molecule has 1 aromatic rings. The lowest BCUT2D eigenvalue weighted by Gasteiger charge is -2.48. The van der Waals surface area contributed by atoms with Gasteiger partial charge in [0.05, 0.1) is 5.54 Å². The first kappa shape index (κ1) is 15.1. The Balaban J connectivity index is 2.23. The molecule has 1 saturated heterocycles. The van der Waals surface area contributed by atoms with Crippen molar-refractivity contribution < 1.29 is 0 Å². The van der Waals surface area contributed by atoms with Crippen LogP contribution in [0.1, 0.15) is 39.3 Å². The molecule has 20 heavy (non-hydrogen) atoms. The lowest BCUT2D eigenvalue weighted by atomic mass is 9.90. The van der Waals surface area contributed by atoms with E-state index in [1.54, 1.807) is 0 Å². The van der Waals surface area contributed by atoms with Crippen LogP contribution in [0.3, 0.4) is 0 Å². The number of hydrogen-bond acceptors (Lipinski definition) is 2. The maximum Gasteiger partial charge on any atom is 0.0769 e. The molecule has 1 N–H and O–H groups in total. The summed E-state index contributed by atoms with van der Waals surface area (Å²) in [6.45, 7) is 10.8. The topological polar surface area (TPSA) is 15.3 Å². The van der Waals surface area contributed by atoms with Crippen LogP contribution in [0.4, 0.5) is 0 Å². The average Bonchev–Trinajstić information content (AvgIpc) is 2.47. The molecule has 0 bridgehead atoms. The monoisotopic (exact) mass is 270 g/mol. The van der Waals surface area contributed by atoms with E-state index in [0.717, 1.165) is 13.1 Å². The Kier molecular flexibility index (Phi) is 4.52. The SMILES string of the molecule is C#CC(C)(C)N1CC(c2ccccc2)NCC1C(C)C. The smallest absolute Gasteiger partial charge is 0.0769 e. The first-order valence-electron chi connectivity index (χ1n) is 7.48. The van der Waals surface area contributed by atoms with Crippen molar-refractivity contribution in [2.45, 2.75) is 45.3 Å². The van der Waals surface area contributed by atoms with Gasteiger partial charge >= 0.3 is 0 Å². The highest BCUT2D eigenvalue weighted by Gasteiger charge is 2.37. The van der Waals surface area contributed by atoms with Gasteiger partial charge in [-0.1, -0.05) is 50.1 Å². The fraction of sp³-hybridized carbons (Fsp3) is 0.556. The van der Waals surface area contributed by atoms with Crippen LogP contribution in [-0.2, 0) is 0 Å². The molecular formula is C18H26N2. The van der Waals surface area contributed by atoms with Gasteiger partial charge in [-0.05, 0) is 25.3 Å².